The predicted octanol–water partition coefficient (Wildman–Crippen LogP) is 2.08. The highest BCUT2D eigenvalue weighted by molar-refractivity contribution is 5.90. The van der Waals surface area contributed by atoms with Crippen molar-refractivity contribution in [2.24, 2.45) is 0 Å². The first kappa shape index (κ1) is 15.1. The highest BCUT2D eigenvalue weighted by atomic mass is 16.5. The Kier molecular flexibility index (Phi) is 4.56. The van der Waals surface area contributed by atoms with E-state index in [0.29, 0.717) is 23.4 Å². The Morgan fingerprint density at radius 3 is 2.48 bits per heavy atom. The van der Waals surface area contributed by atoms with Crippen molar-refractivity contribution in [1.29, 1.82) is 0 Å². The molecule has 0 bridgehead atoms. The lowest BCUT2D eigenvalue weighted by Gasteiger charge is -2.10. The van der Waals surface area contributed by atoms with Gasteiger partial charge in [-0.3, -0.25) is 4.79 Å². The van der Waals surface area contributed by atoms with Crippen LogP contribution in [-0.4, -0.2) is 35.9 Å². The van der Waals surface area contributed by atoms with Crippen LogP contribution in [0.4, 0.5) is 11.6 Å². The first-order valence-corrected chi connectivity index (χ1v) is 7.40. The van der Waals surface area contributed by atoms with Gasteiger partial charge < -0.3 is 20.1 Å². The molecular weight excluding hydrogens is 296 g/mol. The molecule has 0 radical (unpaired) electrons. The average Bonchev–Trinajstić information content (AvgIpc) is 3.39. The highest BCUT2D eigenvalue weighted by Gasteiger charge is 2.21. The summed E-state index contributed by atoms with van der Waals surface area (Å²) in [6.07, 6.45) is 2.33. The minimum atomic E-state index is -0.312. The maximum absolute atomic E-state index is 11.9. The molecule has 1 fully saturated rings. The monoisotopic (exact) mass is 314 g/mol. The summed E-state index contributed by atoms with van der Waals surface area (Å²) in [4.78, 5) is 11.9. The van der Waals surface area contributed by atoms with Gasteiger partial charge in [-0.15, -0.1) is 10.2 Å². The molecule has 1 amide bonds. The fourth-order valence-electron chi connectivity index (χ4n) is 1.97. The summed E-state index contributed by atoms with van der Waals surface area (Å²) in [7, 11) is 1.55. The normalized spacial score (nSPS) is 13.3. The second-order valence-electron chi connectivity index (χ2n) is 5.21. The van der Waals surface area contributed by atoms with Gasteiger partial charge in [-0.1, -0.05) is 12.1 Å². The number of hydrogen-bond acceptors (Lipinski definition) is 6. The lowest BCUT2D eigenvalue weighted by atomic mass is 10.3. The van der Waals surface area contributed by atoms with E-state index in [0.717, 1.165) is 5.82 Å². The third-order valence-corrected chi connectivity index (χ3v) is 3.29. The van der Waals surface area contributed by atoms with Crippen molar-refractivity contribution in [3.8, 4) is 11.5 Å². The molecule has 1 aromatic carbocycles. The first-order valence-electron chi connectivity index (χ1n) is 7.40. The Hall–Kier alpha value is -2.83. The van der Waals surface area contributed by atoms with E-state index in [4.69, 9.17) is 9.47 Å². The molecule has 1 aliphatic rings. The van der Waals surface area contributed by atoms with Crippen molar-refractivity contribution in [1.82, 2.24) is 10.2 Å². The Balaban J connectivity index is 1.50. The van der Waals surface area contributed by atoms with Crippen LogP contribution in [-0.2, 0) is 4.79 Å². The van der Waals surface area contributed by atoms with Crippen LogP contribution in [0.3, 0.4) is 0 Å². The molecule has 23 heavy (non-hydrogen) atoms. The summed E-state index contributed by atoms with van der Waals surface area (Å²) < 4.78 is 10.6. The number of anilines is 2. The van der Waals surface area contributed by atoms with Crippen LogP contribution >= 0.6 is 0 Å². The first-order chi connectivity index (χ1) is 11.2. The van der Waals surface area contributed by atoms with Crippen molar-refractivity contribution >= 4 is 17.5 Å². The Bertz CT molecular complexity index is 671. The number of methoxy groups -OCH3 is 1. The molecule has 0 saturated heterocycles. The van der Waals surface area contributed by atoms with Crippen LogP contribution in [0, 0.1) is 0 Å². The quantitative estimate of drug-likeness (QED) is 0.814. The summed E-state index contributed by atoms with van der Waals surface area (Å²) in [5, 5.41) is 13.9. The molecule has 0 spiro atoms. The van der Waals surface area contributed by atoms with E-state index in [1.165, 1.54) is 12.8 Å². The second-order valence-corrected chi connectivity index (χ2v) is 5.21. The molecule has 7 nitrogen and oxygen atoms in total. The molecule has 2 N–H and O–H groups in total. The number of benzene rings is 1. The van der Waals surface area contributed by atoms with E-state index < -0.39 is 0 Å². The number of rotatable bonds is 7. The third-order valence-electron chi connectivity index (χ3n) is 3.29. The molecule has 0 unspecified atom stereocenters. The van der Waals surface area contributed by atoms with Gasteiger partial charge in [-0.25, -0.2) is 0 Å². The number of hydrogen-bond donors (Lipinski definition) is 2. The standard InChI is InChI=1S/C16H18N4O3/c1-22-12-4-2-3-5-13(12)23-10-16(21)18-15-9-8-14(19-20-15)17-11-6-7-11/h2-5,8-9,11H,6-7,10H2,1H3,(H,17,19)(H,18,20,21). The number of aromatic nitrogens is 2. The second kappa shape index (κ2) is 6.95. The zero-order valence-corrected chi connectivity index (χ0v) is 12.8. The van der Waals surface area contributed by atoms with Gasteiger partial charge in [0.25, 0.3) is 5.91 Å². The van der Waals surface area contributed by atoms with Gasteiger partial charge in [0.05, 0.1) is 7.11 Å². The molecule has 1 heterocycles. The molecule has 3 rings (SSSR count). The SMILES string of the molecule is COc1ccccc1OCC(=O)Nc1ccc(NC2CC2)nn1. The number of para-hydroxylation sites is 2. The number of amides is 1. The van der Waals surface area contributed by atoms with Crippen molar-refractivity contribution in [3.05, 3.63) is 36.4 Å². The molecule has 1 saturated carbocycles. The number of carbonyl (C=O) groups is 1. The van der Waals surface area contributed by atoms with Crippen LogP contribution in [0.2, 0.25) is 0 Å². The fraction of sp³-hybridized carbons (Fsp3) is 0.312. The van der Waals surface area contributed by atoms with Crippen molar-refractivity contribution in [2.75, 3.05) is 24.4 Å². The smallest absolute Gasteiger partial charge is 0.263 e. The van der Waals surface area contributed by atoms with Gasteiger partial charge in [0.2, 0.25) is 0 Å². The lowest BCUT2D eigenvalue weighted by molar-refractivity contribution is -0.118. The molecular formula is C16H18N4O3. The Labute approximate surface area is 134 Å². The van der Waals surface area contributed by atoms with Crippen LogP contribution in [0.15, 0.2) is 36.4 Å². The van der Waals surface area contributed by atoms with E-state index >= 15 is 0 Å². The number of carbonyl (C=O) groups excluding carboxylic acids is 1. The predicted molar refractivity (Wildman–Crippen MR) is 85.8 cm³/mol. The zero-order valence-electron chi connectivity index (χ0n) is 12.8. The van der Waals surface area contributed by atoms with E-state index in [9.17, 15) is 4.79 Å². The molecule has 1 aliphatic carbocycles. The van der Waals surface area contributed by atoms with Gasteiger partial charge in [0.15, 0.2) is 23.9 Å². The third kappa shape index (κ3) is 4.32. The largest absolute Gasteiger partial charge is 0.493 e. The number of nitrogens with one attached hydrogen (secondary N) is 2. The van der Waals surface area contributed by atoms with Crippen LogP contribution in [0.5, 0.6) is 11.5 Å². The summed E-state index contributed by atoms with van der Waals surface area (Å²) in [6, 6.07) is 11.2. The summed E-state index contributed by atoms with van der Waals surface area (Å²) in [5.74, 6) is 1.89. The van der Waals surface area contributed by atoms with Gasteiger partial charge in [-0.2, -0.15) is 0 Å². The minimum Gasteiger partial charge on any atom is -0.493 e. The topological polar surface area (TPSA) is 85.4 Å². The lowest BCUT2D eigenvalue weighted by Crippen LogP contribution is -2.21. The van der Waals surface area contributed by atoms with Crippen LogP contribution in [0.25, 0.3) is 0 Å². The van der Waals surface area contributed by atoms with E-state index in [1.54, 1.807) is 31.4 Å². The summed E-state index contributed by atoms with van der Waals surface area (Å²) in [6.45, 7) is -0.135. The van der Waals surface area contributed by atoms with Gasteiger partial charge in [0.1, 0.15) is 5.82 Å². The van der Waals surface area contributed by atoms with Gasteiger partial charge >= 0.3 is 0 Å². The number of nitrogens with zero attached hydrogens (tertiary/aromatic N) is 2. The van der Waals surface area contributed by atoms with Crippen molar-refractivity contribution in [2.45, 2.75) is 18.9 Å². The van der Waals surface area contributed by atoms with Crippen LogP contribution in [0.1, 0.15) is 12.8 Å². The van der Waals surface area contributed by atoms with Crippen molar-refractivity contribution < 1.29 is 14.3 Å². The number of ether oxygens (including phenoxy) is 2. The van der Waals surface area contributed by atoms with Gasteiger partial charge in [0, 0.05) is 6.04 Å². The summed E-state index contributed by atoms with van der Waals surface area (Å²) >= 11 is 0. The molecule has 0 aliphatic heterocycles. The van der Waals surface area contributed by atoms with Crippen LogP contribution < -0.4 is 20.1 Å². The molecule has 2 aromatic rings. The highest BCUT2D eigenvalue weighted by Crippen LogP contribution is 2.25. The van der Waals surface area contributed by atoms with Gasteiger partial charge in [-0.05, 0) is 37.1 Å². The Morgan fingerprint density at radius 1 is 1.13 bits per heavy atom. The van der Waals surface area contributed by atoms with E-state index in [1.807, 2.05) is 12.1 Å². The molecule has 7 heteroatoms. The van der Waals surface area contributed by atoms with E-state index in [-0.39, 0.29) is 12.5 Å². The summed E-state index contributed by atoms with van der Waals surface area (Å²) in [5.41, 5.74) is 0. The maximum Gasteiger partial charge on any atom is 0.263 e. The molecule has 0 atom stereocenters. The maximum atomic E-state index is 11.9. The Morgan fingerprint density at radius 2 is 1.83 bits per heavy atom. The minimum absolute atomic E-state index is 0.135. The van der Waals surface area contributed by atoms with Crippen molar-refractivity contribution in [3.63, 3.8) is 0 Å². The molecule has 120 valence electrons. The molecule has 1 aromatic heterocycles. The zero-order chi connectivity index (χ0) is 16.1. The fourth-order valence-corrected chi connectivity index (χ4v) is 1.97. The van der Waals surface area contributed by atoms with E-state index in [2.05, 4.69) is 20.8 Å². The average molecular weight is 314 g/mol.